The van der Waals surface area contributed by atoms with Gasteiger partial charge < -0.3 is 14.2 Å². The zero-order valence-corrected chi connectivity index (χ0v) is 16.8. The Morgan fingerprint density at radius 1 is 1.20 bits per heavy atom. The van der Waals surface area contributed by atoms with Gasteiger partial charge in [-0.1, -0.05) is 20.8 Å². The van der Waals surface area contributed by atoms with E-state index < -0.39 is 17.4 Å². The SMILES string of the molecule is CCN(C(=O)C(C)(C)C)[C@@H](C)C(=O)c1c(C)c(C(=O)OC)n(C)c1C. The van der Waals surface area contributed by atoms with Gasteiger partial charge >= 0.3 is 5.97 Å². The number of rotatable bonds is 5. The van der Waals surface area contributed by atoms with Gasteiger partial charge in [0.05, 0.1) is 13.2 Å². The number of esters is 1. The number of amides is 1. The van der Waals surface area contributed by atoms with Crippen molar-refractivity contribution in [2.45, 2.75) is 54.5 Å². The predicted molar refractivity (Wildman–Crippen MR) is 96.9 cm³/mol. The molecule has 140 valence electrons. The van der Waals surface area contributed by atoms with Crippen molar-refractivity contribution in [3.63, 3.8) is 0 Å². The molecule has 0 spiro atoms. The number of aromatic nitrogens is 1. The number of Topliss-reactive ketones (excluding diaryl/α,β-unsaturated/α-hetero) is 1. The Morgan fingerprint density at radius 2 is 1.72 bits per heavy atom. The highest BCUT2D eigenvalue weighted by Crippen LogP contribution is 2.26. The van der Waals surface area contributed by atoms with Crippen molar-refractivity contribution in [3.05, 3.63) is 22.5 Å². The molecular weight excluding hydrogens is 320 g/mol. The number of likely N-dealkylation sites (N-methyl/N-ethyl adjacent to an activating group) is 1. The van der Waals surface area contributed by atoms with Gasteiger partial charge in [-0.05, 0) is 33.3 Å². The molecule has 25 heavy (non-hydrogen) atoms. The van der Waals surface area contributed by atoms with Gasteiger partial charge in [0.2, 0.25) is 5.91 Å². The predicted octanol–water partition coefficient (Wildman–Crippen LogP) is 2.89. The quantitative estimate of drug-likeness (QED) is 0.605. The topological polar surface area (TPSA) is 68.6 Å². The highest BCUT2D eigenvalue weighted by Gasteiger charge is 2.35. The Bertz CT molecular complexity index is 695. The minimum Gasteiger partial charge on any atom is -0.464 e. The van der Waals surface area contributed by atoms with E-state index >= 15 is 0 Å². The van der Waals surface area contributed by atoms with Crippen LogP contribution in [0.25, 0.3) is 0 Å². The van der Waals surface area contributed by atoms with Gasteiger partial charge in [-0.2, -0.15) is 0 Å². The second kappa shape index (κ2) is 7.42. The first-order valence-corrected chi connectivity index (χ1v) is 8.49. The second-order valence-electron chi connectivity index (χ2n) is 7.37. The summed E-state index contributed by atoms with van der Waals surface area (Å²) in [6.45, 7) is 13.1. The van der Waals surface area contributed by atoms with E-state index in [4.69, 9.17) is 4.74 Å². The summed E-state index contributed by atoms with van der Waals surface area (Å²) in [5.41, 5.74) is 1.55. The van der Waals surface area contributed by atoms with E-state index in [0.29, 0.717) is 29.1 Å². The summed E-state index contributed by atoms with van der Waals surface area (Å²) in [6, 6.07) is -0.609. The molecular formula is C19H30N2O4. The molecule has 6 nitrogen and oxygen atoms in total. The number of carbonyl (C=O) groups is 3. The third kappa shape index (κ3) is 3.78. The molecule has 1 heterocycles. The van der Waals surface area contributed by atoms with Crippen molar-refractivity contribution >= 4 is 17.7 Å². The molecule has 0 aliphatic rings. The standard InChI is InChI=1S/C19H30N2O4/c1-10-21(18(24)19(5,6)7)13(4)16(22)14-11(2)15(17(23)25-9)20(8)12(14)3/h13H,10H2,1-9H3/t13-/m0/s1. The van der Waals surface area contributed by atoms with Gasteiger partial charge in [0, 0.05) is 30.3 Å². The highest BCUT2D eigenvalue weighted by atomic mass is 16.5. The normalized spacial score (nSPS) is 12.7. The first-order valence-electron chi connectivity index (χ1n) is 8.49. The summed E-state index contributed by atoms with van der Waals surface area (Å²) >= 11 is 0. The Balaban J connectivity index is 3.36. The van der Waals surface area contributed by atoms with Crippen LogP contribution in [0.4, 0.5) is 0 Å². The molecule has 1 amide bonds. The summed E-state index contributed by atoms with van der Waals surface area (Å²) in [5, 5.41) is 0. The van der Waals surface area contributed by atoms with E-state index in [1.165, 1.54) is 7.11 Å². The molecule has 0 unspecified atom stereocenters. The van der Waals surface area contributed by atoms with Crippen LogP contribution in [0, 0.1) is 19.3 Å². The van der Waals surface area contributed by atoms with E-state index in [1.807, 2.05) is 27.7 Å². The smallest absolute Gasteiger partial charge is 0.354 e. The summed E-state index contributed by atoms with van der Waals surface area (Å²) in [7, 11) is 3.04. The van der Waals surface area contributed by atoms with Crippen molar-refractivity contribution in [3.8, 4) is 0 Å². The minimum absolute atomic E-state index is 0.0738. The number of ether oxygens (including phenoxy) is 1. The molecule has 0 radical (unpaired) electrons. The molecule has 0 bridgehead atoms. The van der Waals surface area contributed by atoms with E-state index in [1.54, 1.807) is 37.3 Å². The van der Waals surface area contributed by atoms with Crippen LogP contribution in [-0.2, 0) is 16.6 Å². The number of hydrogen-bond acceptors (Lipinski definition) is 4. The molecule has 1 rings (SSSR count). The second-order valence-corrected chi connectivity index (χ2v) is 7.37. The highest BCUT2D eigenvalue weighted by molar-refractivity contribution is 6.06. The van der Waals surface area contributed by atoms with Gasteiger partial charge in [-0.15, -0.1) is 0 Å². The van der Waals surface area contributed by atoms with Gasteiger partial charge in [0.25, 0.3) is 0 Å². The van der Waals surface area contributed by atoms with Crippen molar-refractivity contribution in [1.82, 2.24) is 9.47 Å². The molecule has 1 aromatic heterocycles. The minimum atomic E-state index is -0.609. The molecule has 0 saturated carbocycles. The van der Waals surface area contributed by atoms with Crippen molar-refractivity contribution in [2.24, 2.45) is 12.5 Å². The third-order valence-electron chi connectivity index (χ3n) is 4.65. The fraction of sp³-hybridized carbons (Fsp3) is 0.632. The molecule has 0 saturated heterocycles. The van der Waals surface area contributed by atoms with E-state index in [0.717, 1.165) is 0 Å². The average molecular weight is 350 g/mol. The van der Waals surface area contributed by atoms with Gasteiger partial charge in [-0.3, -0.25) is 9.59 Å². The average Bonchev–Trinajstić information content (AvgIpc) is 2.75. The van der Waals surface area contributed by atoms with Crippen LogP contribution in [0.2, 0.25) is 0 Å². The fourth-order valence-electron chi connectivity index (χ4n) is 3.10. The lowest BCUT2D eigenvalue weighted by Crippen LogP contribution is -2.48. The Morgan fingerprint density at radius 3 is 2.12 bits per heavy atom. The van der Waals surface area contributed by atoms with Gasteiger partial charge in [0.15, 0.2) is 5.78 Å². The summed E-state index contributed by atoms with van der Waals surface area (Å²) in [4.78, 5) is 39.4. The van der Waals surface area contributed by atoms with E-state index in [2.05, 4.69) is 0 Å². The molecule has 0 aliphatic carbocycles. The lowest BCUT2D eigenvalue weighted by atomic mass is 9.92. The maximum Gasteiger partial charge on any atom is 0.354 e. The van der Waals surface area contributed by atoms with Crippen molar-refractivity contribution < 1.29 is 19.1 Å². The monoisotopic (exact) mass is 350 g/mol. The number of carbonyl (C=O) groups excluding carboxylic acids is 3. The maximum absolute atomic E-state index is 13.1. The van der Waals surface area contributed by atoms with Gasteiger partial charge in [-0.25, -0.2) is 4.79 Å². The maximum atomic E-state index is 13.1. The summed E-state index contributed by atoms with van der Waals surface area (Å²) < 4.78 is 6.49. The van der Waals surface area contributed by atoms with Gasteiger partial charge in [0.1, 0.15) is 5.69 Å². The first-order chi connectivity index (χ1) is 11.4. The Labute approximate surface area is 150 Å². The largest absolute Gasteiger partial charge is 0.464 e. The van der Waals surface area contributed by atoms with Crippen LogP contribution in [0.3, 0.4) is 0 Å². The number of methoxy groups -OCH3 is 1. The van der Waals surface area contributed by atoms with Crippen LogP contribution >= 0.6 is 0 Å². The lowest BCUT2D eigenvalue weighted by molar-refractivity contribution is -0.140. The zero-order chi connectivity index (χ0) is 19.7. The summed E-state index contributed by atoms with van der Waals surface area (Å²) in [6.07, 6.45) is 0. The molecule has 1 aromatic rings. The Hall–Kier alpha value is -2.11. The molecule has 0 aliphatic heterocycles. The number of nitrogens with zero attached hydrogens (tertiary/aromatic N) is 2. The molecule has 6 heteroatoms. The van der Waals surface area contributed by atoms with Crippen LogP contribution < -0.4 is 0 Å². The third-order valence-corrected chi connectivity index (χ3v) is 4.65. The Kier molecular flexibility index (Phi) is 6.21. The zero-order valence-electron chi connectivity index (χ0n) is 16.8. The first kappa shape index (κ1) is 20.9. The molecule has 0 aromatic carbocycles. The van der Waals surface area contributed by atoms with Crippen LogP contribution in [0.15, 0.2) is 0 Å². The fourth-order valence-corrected chi connectivity index (χ4v) is 3.10. The van der Waals surface area contributed by atoms with Crippen LogP contribution in [0.5, 0.6) is 0 Å². The number of ketones is 1. The molecule has 1 atom stereocenters. The van der Waals surface area contributed by atoms with E-state index in [9.17, 15) is 14.4 Å². The van der Waals surface area contributed by atoms with E-state index in [-0.39, 0.29) is 11.7 Å². The summed E-state index contributed by atoms with van der Waals surface area (Å²) in [5.74, 6) is -0.719. The number of hydrogen-bond donors (Lipinski definition) is 0. The van der Waals surface area contributed by atoms with Crippen molar-refractivity contribution in [2.75, 3.05) is 13.7 Å². The molecule has 0 fully saturated rings. The van der Waals surface area contributed by atoms with Crippen molar-refractivity contribution in [1.29, 1.82) is 0 Å². The lowest BCUT2D eigenvalue weighted by Gasteiger charge is -2.32. The van der Waals surface area contributed by atoms with Crippen LogP contribution in [0.1, 0.15) is 66.7 Å². The van der Waals surface area contributed by atoms with Crippen LogP contribution in [-0.4, -0.2) is 46.8 Å². The molecule has 0 N–H and O–H groups in total.